The predicted molar refractivity (Wildman–Crippen MR) is 70.5 cm³/mol. The highest BCUT2D eigenvalue weighted by molar-refractivity contribution is 5.82. The van der Waals surface area contributed by atoms with Crippen LogP contribution in [0.25, 0.3) is 0 Å². The van der Waals surface area contributed by atoms with Crippen molar-refractivity contribution >= 4 is 5.91 Å². The van der Waals surface area contributed by atoms with Crippen LogP contribution in [0.2, 0.25) is 0 Å². The molecule has 2 heterocycles. The van der Waals surface area contributed by atoms with E-state index in [0.29, 0.717) is 12.6 Å². The number of nitrogens with zero attached hydrogens (tertiary/aromatic N) is 1. The highest BCUT2D eigenvalue weighted by atomic mass is 16.5. The lowest BCUT2D eigenvalue weighted by Gasteiger charge is -2.36. The molecule has 1 amide bonds. The molecule has 2 saturated heterocycles. The molecule has 2 rings (SSSR count). The van der Waals surface area contributed by atoms with Gasteiger partial charge in [-0.3, -0.25) is 9.69 Å². The van der Waals surface area contributed by atoms with Gasteiger partial charge in [-0.15, -0.1) is 0 Å². The van der Waals surface area contributed by atoms with E-state index in [0.717, 1.165) is 26.2 Å². The van der Waals surface area contributed by atoms with Gasteiger partial charge in [-0.05, 0) is 33.2 Å². The average molecular weight is 255 g/mol. The standard InChI is InChI=1S/C13H25N3O2/c1-10(2)15-13(17)12-9-18-7-6-16(12)8-11-4-3-5-14-11/h10-12,14H,3-9H2,1-2H3,(H,15,17). The van der Waals surface area contributed by atoms with Gasteiger partial charge in [0.1, 0.15) is 6.04 Å². The maximum absolute atomic E-state index is 12.1. The molecule has 5 nitrogen and oxygen atoms in total. The molecule has 0 aromatic rings. The van der Waals surface area contributed by atoms with Gasteiger partial charge in [-0.25, -0.2) is 0 Å². The van der Waals surface area contributed by atoms with Gasteiger partial charge >= 0.3 is 0 Å². The van der Waals surface area contributed by atoms with Crippen molar-refractivity contribution in [2.45, 2.75) is 44.8 Å². The lowest BCUT2D eigenvalue weighted by atomic mass is 10.1. The van der Waals surface area contributed by atoms with Crippen LogP contribution < -0.4 is 10.6 Å². The van der Waals surface area contributed by atoms with Crippen LogP contribution in [-0.2, 0) is 9.53 Å². The summed E-state index contributed by atoms with van der Waals surface area (Å²) in [6.45, 7) is 8.16. The van der Waals surface area contributed by atoms with Crippen molar-refractivity contribution < 1.29 is 9.53 Å². The molecule has 0 radical (unpaired) electrons. The van der Waals surface area contributed by atoms with Crippen molar-refractivity contribution in [3.8, 4) is 0 Å². The number of carbonyl (C=O) groups excluding carboxylic acids is 1. The summed E-state index contributed by atoms with van der Waals surface area (Å²) in [5.74, 6) is 0.0997. The molecule has 2 N–H and O–H groups in total. The van der Waals surface area contributed by atoms with Crippen LogP contribution in [0, 0.1) is 0 Å². The minimum absolute atomic E-state index is 0.0997. The molecule has 18 heavy (non-hydrogen) atoms. The second kappa shape index (κ2) is 6.50. The van der Waals surface area contributed by atoms with E-state index >= 15 is 0 Å². The average Bonchev–Trinajstić information content (AvgIpc) is 2.81. The third kappa shape index (κ3) is 3.67. The Morgan fingerprint density at radius 3 is 3.06 bits per heavy atom. The summed E-state index contributed by atoms with van der Waals surface area (Å²) in [4.78, 5) is 14.4. The summed E-state index contributed by atoms with van der Waals surface area (Å²) in [7, 11) is 0. The van der Waals surface area contributed by atoms with E-state index in [1.165, 1.54) is 12.8 Å². The van der Waals surface area contributed by atoms with Crippen LogP contribution >= 0.6 is 0 Å². The van der Waals surface area contributed by atoms with Gasteiger partial charge in [0.25, 0.3) is 0 Å². The minimum Gasteiger partial charge on any atom is -0.378 e. The minimum atomic E-state index is -0.122. The predicted octanol–water partition coefficient (Wildman–Crippen LogP) is -0.0362. The van der Waals surface area contributed by atoms with Crippen LogP contribution in [0.5, 0.6) is 0 Å². The molecular formula is C13H25N3O2. The van der Waals surface area contributed by atoms with Gasteiger partial charge < -0.3 is 15.4 Å². The Hall–Kier alpha value is -0.650. The summed E-state index contributed by atoms with van der Waals surface area (Å²) in [5.41, 5.74) is 0. The Kier molecular flexibility index (Phi) is 4.97. The molecule has 0 saturated carbocycles. The van der Waals surface area contributed by atoms with E-state index in [9.17, 15) is 4.79 Å². The summed E-state index contributed by atoms with van der Waals surface area (Å²) < 4.78 is 5.46. The van der Waals surface area contributed by atoms with Gasteiger partial charge in [0.15, 0.2) is 0 Å². The van der Waals surface area contributed by atoms with E-state index in [4.69, 9.17) is 4.74 Å². The number of carbonyl (C=O) groups is 1. The number of amides is 1. The molecule has 0 bridgehead atoms. The Labute approximate surface area is 109 Å². The Morgan fingerprint density at radius 1 is 1.56 bits per heavy atom. The van der Waals surface area contributed by atoms with E-state index in [-0.39, 0.29) is 18.0 Å². The lowest BCUT2D eigenvalue weighted by Crippen LogP contribution is -2.57. The topological polar surface area (TPSA) is 53.6 Å². The van der Waals surface area contributed by atoms with Crippen molar-refractivity contribution in [1.82, 2.24) is 15.5 Å². The van der Waals surface area contributed by atoms with Crippen LogP contribution in [0.1, 0.15) is 26.7 Å². The first-order valence-electron chi connectivity index (χ1n) is 7.02. The van der Waals surface area contributed by atoms with Gasteiger partial charge in [0, 0.05) is 25.2 Å². The zero-order valence-electron chi connectivity index (χ0n) is 11.4. The molecule has 2 fully saturated rings. The second-order valence-corrected chi connectivity index (χ2v) is 5.54. The quantitative estimate of drug-likeness (QED) is 0.740. The van der Waals surface area contributed by atoms with Crippen LogP contribution in [-0.4, -0.2) is 61.8 Å². The van der Waals surface area contributed by atoms with Crippen molar-refractivity contribution in [2.24, 2.45) is 0 Å². The second-order valence-electron chi connectivity index (χ2n) is 5.54. The molecule has 104 valence electrons. The molecule has 2 atom stereocenters. The first-order chi connectivity index (χ1) is 8.66. The first kappa shape index (κ1) is 13.8. The summed E-state index contributed by atoms with van der Waals surface area (Å²) in [6.07, 6.45) is 2.47. The van der Waals surface area contributed by atoms with Crippen molar-refractivity contribution in [2.75, 3.05) is 32.8 Å². The first-order valence-corrected chi connectivity index (χ1v) is 7.02. The van der Waals surface area contributed by atoms with Gasteiger partial charge in [-0.1, -0.05) is 0 Å². The van der Waals surface area contributed by atoms with Crippen LogP contribution in [0.15, 0.2) is 0 Å². The van der Waals surface area contributed by atoms with Gasteiger partial charge in [-0.2, -0.15) is 0 Å². The Morgan fingerprint density at radius 2 is 2.39 bits per heavy atom. The molecule has 0 aromatic heterocycles. The van der Waals surface area contributed by atoms with E-state index in [1.807, 2.05) is 13.8 Å². The highest BCUT2D eigenvalue weighted by Crippen LogP contribution is 2.12. The monoisotopic (exact) mass is 255 g/mol. The van der Waals surface area contributed by atoms with Gasteiger partial charge in [0.05, 0.1) is 13.2 Å². The molecule has 0 aromatic carbocycles. The lowest BCUT2D eigenvalue weighted by molar-refractivity contribution is -0.133. The Bertz CT molecular complexity index is 277. The van der Waals surface area contributed by atoms with E-state index in [2.05, 4.69) is 15.5 Å². The van der Waals surface area contributed by atoms with E-state index in [1.54, 1.807) is 0 Å². The Balaban J connectivity index is 1.90. The van der Waals surface area contributed by atoms with Crippen molar-refractivity contribution in [3.63, 3.8) is 0 Å². The SMILES string of the molecule is CC(C)NC(=O)C1COCCN1CC1CCCN1. The van der Waals surface area contributed by atoms with Crippen LogP contribution in [0.3, 0.4) is 0 Å². The summed E-state index contributed by atoms with van der Waals surface area (Å²) in [6, 6.07) is 0.604. The number of morpholine rings is 1. The molecule has 0 aliphatic carbocycles. The normalized spacial score (nSPS) is 29.7. The fourth-order valence-corrected chi connectivity index (χ4v) is 2.67. The smallest absolute Gasteiger partial charge is 0.239 e. The van der Waals surface area contributed by atoms with Gasteiger partial charge in [0.2, 0.25) is 5.91 Å². The number of hydrogen-bond acceptors (Lipinski definition) is 4. The summed E-state index contributed by atoms with van der Waals surface area (Å²) >= 11 is 0. The zero-order valence-corrected chi connectivity index (χ0v) is 11.4. The fraction of sp³-hybridized carbons (Fsp3) is 0.923. The maximum atomic E-state index is 12.1. The largest absolute Gasteiger partial charge is 0.378 e. The molecule has 2 aliphatic heterocycles. The highest BCUT2D eigenvalue weighted by Gasteiger charge is 2.31. The van der Waals surface area contributed by atoms with Crippen LogP contribution in [0.4, 0.5) is 0 Å². The molecule has 5 heteroatoms. The number of nitrogens with one attached hydrogen (secondary N) is 2. The summed E-state index contributed by atoms with van der Waals surface area (Å²) in [5, 5.41) is 6.48. The third-order valence-electron chi connectivity index (χ3n) is 3.59. The zero-order chi connectivity index (χ0) is 13.0. The maximum Gasteiger partial charge on any atom is 0.239 e. The molecule has 0 spiro atoms. The molecule has 2 unspecified atom stereocenters. The van der Waals surface area contributed by atoms with Crippen molar-refractivity contribution in [3.05, 3.63) is 0 Å². The fourth-order valence-electron chi connectivity index (χ4n) is 2.67. The molecular weight excluding hydrogens is 230 g/mol. The number of hydrogen-bond donors (Lipinski definition) is 2. The third-order valence-corrected chi connectivity index (χ3v) is 3.59. The number of ether oxygens (including phenoxy) is 1. The van der Waals surface area contributed by atoms with E-state index < -0.39 is 0 Å². The number of rotatable bonds is 4. The van der Waals surface area contributed by atoms with Crippen molar-refractivity contribution in [1.29, 1.82) is 0 Å². The molecule has 2 aliphatic rings.